The van der Waals surface area contributed by atoms with Gasteiger partial charge in [-0.05, 0) is 37.3 Å². The van der Waals surface area contributed by atoms with Gasteiger partial charge in [0.05, 0.1) is 28.6 Å². The lowest BCUT2D eigenvalue weighted by Gasteiger charge is -2.10. The second-order valence-electron chi connectivity index (χ2n) is 4.63. The number of halogens is 2. The molecule has 3 nitrogen and oxygen atoms in total. The third-order valence-corrected chi connectivity index (χ3v) is 3.57. The normalized spacial score (nSPS) is 12.8. The minimum atomic E-state index is -0.176. The Hall–Kier alpha value is -1.58. The van der Waals surface area contributed by atoms with Crippen LogP contribution in [0.25, 0.3) is 11.0 Å². The first-order valence-corrected chi connectivity index (χ1v) is 7.16. The molecule has 0 fully saturated rings. The van der Waals surface area contributed by atoms with E-state index in [-0.39, 0.29) is 5.38 Å². The van der Waals surface area contributed by atoms with Crippen LogP contribution in [0.15, 0.2) is 42.6 Å². The average molecular weight is 306 g/mol. The zero-order valence-electron chi connectivity index (χ0n) is 10.9. The summed E-state index contributed by atoms with van der Waals surface area (Å²) < 4.78 is 2.07. The van der Waals surface area contributed by atoms with E-state index in [9.17, 15) is 0 Å². The lowest BCUT2D eigenvalue weighted by Crippen LogP contribution is -2.06. The van der Waals surface area contributed by atoms with Crippen molar-refractivity contribution in [2.24, 2.45) is 0 Å². The van der Waals surface area contributed by atoms with Gasteiger partial charge in [-0.2, -0.15) is 0 Å². The lowest BCUT2D eigenvalue weighted by atomic mass is 10.3. The molecule has 0 spiro atoms. The number of hydrogen-bond acceptors (Lipinski definition) is 2. The number of aromatic nitrogens is 3. The van der Waals surface area contributed by atoms with E-state index in [1.807, 2.05) is 43.3 Å². The summed E-state index contributed by atoms with van der Waals surface area (Å²) in [5.74, 6) is 0.828. The number of imidazole rings is 1. The fraction of sp³-hybridized carbons (Fsp3) is 0.200. The Morgan fingerprint density at radius 1 is 1.25 bits per heavy atom. The van der Waals surface area contributed by atoms with Crippen molar-refractivity contribution in [1.82, 2.24) is 14.5 Å². The predicted molar refractivity (Wildman–Crippen MR) is 82.4 cm³/mol. The summed E-state index contributed by atoms with van der Waals surface area (Å²) in [7, 11) is 0. The molecule has 0 N–H and O–H groups in total. The molecule has 3 aromatic rings. The van der Waals surface area contributed by atoms with Crippen molar-refractivity contribution in [2.45, 2.75) is 18.8 Å². The summed E-state index contributed by atoms with van der Waals surface area (Å²) in [5.41, 5.74) is 2.84. The van der Waals surface area contributed by atoms with Crippen LogP contribution in [0.2, 0.25) is 5.02 Å². The Morgan fingerprint density at radius 3 is 2.80 bits per heavy atom. The molecule has 1 aromatic carbocycles. The van der Waals surface area contributed by atoms with E-state index in [4.69, 9.17) is 23.2 Å². The smallest absolute Gasteiger partial charge is 0.128 e. The Morgan fingerprint density at radius 2 is 2.10 bits per heavy atom. The molecular weight excluding hydrogens is 293 g/mol. The summed E-state index contributed by atoms with van der Waals surface area (Å²) in [6, 6.07) is 11.5. The molecule has 0 radical (unpaired) electrons. The van der Waals surface area contributed by atoms with Gasteiger partial charge in [-0.1, -0.05) is 17.7 Å². The minimum absolute atomic E-state index is 0.176. The molecule has 1 atom stereocenters. The Labute approximate surface area is 127 Å². The quantitative estimate of drug-likeness (QED) is 0.670. The number of fused-ring (bicyclic) bond motifs is 1. The highest BCUT2D eigenvalue weighted by Crippen LogP contribution is 2.27. The van der Waals surface area contributed by atoms with E-state index in [1.54, 1.807) is 6.20 Å². The van der Waals surface area contributed by atoms with Gasteiger partial charge in [-0.3, -0.25) is 4.98 Å². The number of alkyl halides is 1. The Kier molecular flexibility index (Phi) is 3.64. The van der Waals surface area contributed by atoms with E-state index >= 15 is 0 Å². The van der Waals surface area contributed by atoms with Crippen molar-refractivity contribution in [3.05, 3.63) is 59.1 Å². The van der Waals surface area contributed by atoms with Crippen LogP contribution >= 0.6 is 23.2 Å². The fourth-order valence-corrected chi connectivity index (χ4v) is 2.57. The number of rotatable bonds is 3. The van der Waals surface area contributed by atoms with E-state index in [0.29, 0.717) is 11.6 Å². The van der Waals surface area contributed by atoms with Gasteiger partial charge in [0, 0.05) is 11.2 Å². The first kappa shape index (κ1) is 13.4. The SMILES string of the molecule is CC(Cl)c1nc2ccc(Cl)cc2n1Cc1ccccn1. The topological polar surface area (TPSA) is 30.7 Å². The van der Waals surface area contributed by atoms with E-state index in [1.165, 1.54) is 0 Å². The van der Waals surface area contributed by atoms with Gasteiger partial charge in [0.15, 0.2) is 0 Å². The lowest BCUT2D eigenvalue weighted by molar-refractivity contribution is 0.727. The van der Waals surface area contributed by atoms with Crippen molar-refractivity contribution < 1.29 is 0 Å². The molecule has 3 rings (SSSR count). The van der Waals surface area contributed by atoms with Gasteiger partial charge in [0.25, 0.3) is 0 Å². The van der Waals surface area contributed by atoms with E-state index in [2.05, 4.69) is 14.5 Å². The number of benzene rings is 1. The number of hydrogen-bond donors (Lipinski definition) is 0. The molecule has 0 saturated carbocycles. The van der Waals surface area contributed by atoms with Crippen LogP contribution in [-0.4, -0.2) is 14.5 Å². The average Bonchev–Trinajstić information content (AvgIpc) is 2.78. The monoisotopic (exact) mass is 305 g/mol. The molecule has 1 unspecified atom stereocenters. The first-order valence-electron chi connectivity index (χ1n) is 6.35. The number of pyridine rings is 1. The minimum Gasteiger partial charge on any atom is -0.321 e. The molecule has 2 heterocycles. The summed E-state index contributed by atoms with van der Waals surface area (Å²) in [4.78, 5) is 8.95. The second kappa shape index (κ2) is 5.43. The van der Waals surface area contributed by atoms with E-state index in [0.717, 1.165) is 22.6 Å². The van der Waals surface area contributed by atoms with Gasteiger partial charge in [-0.15, -0.1) is 11.6 Å². The standard InChI is InChI=1S/C15H13Cl2N3/c1-10(16)15-19-13-6-5-11(17)8-14(13)20(15)9-12-4-2-3-7-18-12/h2-8,10H,9H2,1H3. The molecule has 0 saturated heterocycles. The highest BCUT2D eigenvalue weighted by Gasteiger charge is 2.15. The molecule has 0 aliphatic carbocycles. The number of nitrogens with zero attached hydrogens (tertiary/aromatic N) is 3. The van der Waals surface area contributed by atoms with Crippen LogP contribution < -0.4 is 0 Å². The van der Waals surface area contributed by atoms with Crippen LogP contribution in [0, 0.1) is 0 Å². The highest BCUT2D eigenvalue weighted by atomic mass is 35.5. The molecule has 0 bridgehead atoms. The summed E-state index contributed by atoms with van der Waals surface area (Å²) in [5, 5.41) is 0.512. The third-order valence-electron chi connectivity index (χ3n) is 3.14. The maximum atomic E-state index is 6.25. The zero-order chi connectivity index (χ0) is 14.1. The van der Waals surface area contributed by atoms with Gasteiger partial charge in [0.2, 0.25) is 0 Å². The summed E-state index contributed by atoms with van der Waals surface area (Å²) >= 11 is 12.3. The van der Waals surface area contributed by atoms with Crippen molar-refractivity contribution in [1.29, 1.82) is 0 Å². The van der Waals surface area contributed by atoms with Crippen LogP contribution in [0.3, 0.4) is 0 Å². The molecule has 0 amide bonds. The fourth-order valence-electron chi connectivity index (χ4n) is 2.24. The van der Waals surface area contributed by atoms with Crippen molar-refractivity contribution in [3.63, 3.8) is 0 Å². The van der Waals surface area contributed by atoms with Gasteiger partial charge < -0.3 is 4.57 Å². The first-order chi connectivity index (χ1) is 9.65. The van der Waals surface area contributed by atoms with Crippen LogP contribution in [-0.2, 0) is 6.54 Å². The highest BCUT2D eigenvalue weighted by molar-refractivity contribution is 6.31. The second-order valence-corrected chi connectivity index (χ2v) is 5.72. The maximum absolute atomic E-state index is 6.25. The molecule has 0 aliphatic rings. The zero-order valence-corrected chi connectivity index (χ0v) is 12.4. The molecule has 102 valence electrons. The molecule has 0 aliphatic heterocycles. The summed E-state index contributed by atoms with van der Waals surface area (Å²) in [6.45, 7) is 2.55. The van der Waals surface area contributed by atoms with Crippen LogP contribution in [0.5, 0.6) is 0 Å². The predicted octanol–water partition coefficient (Wildman–Crippen LogP) is 4.43. The molecular formula is C15H13Cl2N3. The van der Waals surface area contributed by atoms with E-state index < -0.39 is 0 Å². The van der Waals surface area contributed by atoms with Crippen molar-refractivity contribution in [3.8, 4) is 0 Å². The van der Waals surface area contributed by atoms with Crippen LogP contribution in [0.1, 0.15) is 23.8 Å². The molecule has 5 heteroatoms. The maximum Gasteiger partial charge on any atom is 0.128 e. The van der Waals surface area contributed by atoms with Crippen molar-refractivity contribution >= 4 is 34.2 Å². The Balaban J connectivity index is 2.15. The van der Waals surface area contributed by atoms with Crippen LogP contribution in [0.4, 0.5) is 0 Å². The third kappa shape index (κ3) is 2.51. The largest absolute Gasteiger partial charge is 0.321 e. The molecule has 2 aromatic heterocycles. The van der Waals surface area contributed by atoms with Crippen molar-refractivity contribution in [2.75, 3.05) is 0 Å². The van der Waals surface area contributed by atoms with Gasteiger partial charge in [0.1, 0.15) is 5.82 Å². The van der Waals surface area contributed by atoms with Gasteiger partial charge in [-0.25, -0.2) is 4.98 Å². The molecule has 20 heavy (non-hydrogen) atoms. The summed E-state index contributed by atoms with van der Waals surface area (Å²) in [6.07, 6.45) is 1.78. The van der Waals surface area contributed by atoms with Gasteiger partial charge >= 0.3 is 0 Å². The Bertz CT molecular complexity index is 735.